The molecule has 1 fully saturated rings. The number of fused-ring (bicyclic) bond motifs is 1. The second-order valence-electron chi connectivity index (χ2n) is 8.62. The largest absolute Gasteiger partial charge is 0.465 e. The number of carbonyl (C=O) groups excluding carboxylic acids is 1. The first-order chi connectivity index (χ1) is 16.2. The Morgan fingerprint density at radius 1 is 1.15 bits per heavy atom. The molecular weight excluding hydrogens is 448 g/mol. The number of likely N-dealkylation sites (tertiary alicyclic amines) is 1. The van der Waals surface area contributed by atoms with Gasteiger partial charge in [0.15, 0.2) is 0 Å². The fourth-order valence-corrected chi connectivity index (χ4v) is 4.99. The van der Waals surface area contributed by atoms with Crippen LogP contribution in [-0.2, 0) is 13.5 Å². The Labute approximate surface area is 193 Å². The van der Waals surface area contributed by atoms with E-state index < -0.39 is 23.8 Å². The van der Waals surface area contributed by atoms with E-state index in [0.717, 1.165) is 11.6 Å². The number of halogens is 2. The molecule has 2 aliphatic heterocycles. The molecule has 0 aliphatic carbocycles. The van der Waals surface area contributed by atoms with Gasteiger partial charge in [-0.25, -0.2) is 23.2 Å². The lowest BCUT2D eigenvalue weighted by Gasteiger charge is -2.32. The number of aromatic nitrogens is 5. The number of rotatable bonds is 3. The highest BCUT2D eigenvalue weighted by atomic mass is 19.1. The van der Waals surface area contributed by atoms with Crippen molar-refractivity contribution in [2.75, 3.05) is 19.6 Å². The Hall–Kier alpha value is -3.83. The van der Waals surface area contributed by atoms with Crippen molar-refractivity contribution in [3.05, 3.63) is 53.2 Å². The van der Waals surface area contributed by atoms with Crippen molar-refractivity contribution in [2.24, 2.45) is 7.05 Å². The first-order valence-electron chi connectivity index (χ1n) is 10.9. The van der Waals surface area contributed by atoms with Crippen LogP contribution in [0, 0.1) is 11.6 Å². The predicted molar refractivity (Wildman–Crippen MR) is 115 cm³/mol. The zero-order valence-corrected chi connectivity index (χ0v) is 18.6. The second kappa shape index (κ2) is 8.19. The number of aryl methyl sites for hydroxylation is 1. The molecule has 0 bridgehead atoms. The molecule has 2 amide bonds. The third kappa shape index (κ3) is 3.58. The zero-order chi connectivity index (χ0) is 24.1. The summed E-state index contributed by atoms with van der Waals surface area (Å²) in [5, 5.41) is 18.0. The van der Waals surface area contributed by atoms with Crippen molar-refractivity contribution in [1.82, 2.24) is 34.3 Å². The molecule has 0 spiro atoms. The summed E-state index contributed by atoms with van der Waals surface area (Å²) in [4.78, 5) is 31.8. The monoisotopic (exact) mass is 471 g/mol. The van der Waals surface area contributed by atoms with Gasteiger partial charge in [0.05, 0.1) is 23.5 Å². The van der Waals surface area contributed by atoms with Crippen LogP contribution in [0.1, 0.15) is 47.3 Å². The Bertz CT molecular complexity index is 1270. The van der Waals surface area contributed by atoms with Gasteiger partial charge in [-0.1, -0.05) is 0 Å². The average molecular weight is 471 g/mol. The third-order valence-corrected chi connectivity index (χ3v) is 6.58. The molecule has 2 atom stereocenters. The van der Waals surface area contributed by atoms with Gasteiger partial charge >= 0.3 is 6.09 Å². The quantitative estimate of drug-likeness (QED) is 0.629. The topological polar surface area (TPSA) is 109 Å². The normalized spacial score (nSPS) is 20.0. The Morgan fingerprint density at radius 3 is 2.56 bits per heavy atom. The van der Waals surface area contributed by atoms with Gasteiger partial charge in [0.25, 0.3) is 5.91 Å². The van der Waals surface area contributed by atoms with E-state index >= 15 is 0 Å². The summed E-state index contributed by atoms with van der Waals surface area (Å²) < 4.78 is 30.8. The van der Waals surface area contributed by atoms with Crippen molar-refractivity contribution in [3.63, 3.8) is 0 Å². The lowest BCUT2D eigenvalue weighted by Crippen LogP contribution is -2.40. The van der Waals surface area contributed by atoms with Gasteiger partial charge in [-0.05, 0) is 31.9 Å². The third-order valence-electron chi connectivity index (χ3n) is 6.58. The number of benzene rings is 1. The van der Waals surface area contributed by atoms with E-state index in [-0.39, 0.29) is 24.3 Å². The minimum absolute atomic E-state index is 0.149. The summed E-state index contributed by atoms with van der Waals surface area (Å²) in [7, 11) is 1.71. The highest BCUT2D eigenvalue weighted by molar-refractivity contribution is 5.91. The highest BCUT2D eigenvalue weighted by Crippen LogP contribution is 2.36. The van der Waals surface area contributed by atoms with E-state index in [1.54, 1.807) is 16.6 Å². The maximum atomic E-state index is 13.8. The lowest BCUT2D eigenvalue weighted by atomic mass is 9.95. The summed E-state index contributed by atoms with van der Waals surface area (Å²) in [6, 6.07) is 2.70. The van der Waals surface area contributed by atoms with E-state index in [9.17, 15) is 23.5 Å². The number of carboxylic acid groups (broad SMARTS) is 1. The molecule has 0 unspecified atom stereocenters. The molecule has 1 saturated heterocycles. The maximum absolute atomic E-state index is 13.8. The first-order valence-corrected chi connectivity index (χ1v) is 10.9. The molecule has 3 aromatic rings. The van der Waals surface area contributed by atoms with Gasteiger partial charge in [-0.3, -0.25) is 9.48 Å². The highest BCUT2D eigenvalue weighted by Gasteiger charge is 2.37. The Balaban J connectivity index is 1.43. The van der Waals surface area contributed by atoms with E-state index in [1.165, 1.54) is 28.0 Å². The standard InChI is InChI=1S/C22H23F2N7O3/c1-12-18-17(19(28(2)27-18)13-7-14(23)9-15(24)8-13)4-6-30(12)21(32)20-25-11-26-31(20)16-3-5-29(10-16)22(33)34/h7-9,11-12,16H,3-6,10H2,1-2H3,(H,33,34)/t12-,16-/m0/s1. The maximum Gasteiger partial charge on any atom is 0.407 e. The van der Waals surface area contributed by atoms with Crippen molar-refractivity contribution < 1.29 is 23.5 Å². The van der Waals surface area contributed by atoms with Crippen LogP contribution in [0.2, 0.25) is 0 Å². The summed E-state index contributed by atoms with van der Waals surface area (Å²) in [6.07, 6.45) is 1.30. The van der Waals surface area contributed by atoms with Gasteiger partial charge in [0.1, 0.15) is 18.0 Å². The smallest absolute Gasteiger partial charge is 0.407 e. The molecule has 1 N–H and O–H groups in total. The zero-order valence-electron chi connectivity index (χ0n) is 18.6. The minimum atomic E-state index is -1.00. The van der Waals surface area contributed by atoms with Crippen LogP contribution in [0.15, 0.2) is 24.5 Å². The summed E-state index contributed by atoms with van der Waals surface area (Å²) in [5.74, 6) is -1.51. The second-order valence-corrected chi connectivity index (χ2v) is 8.62. The SMILES string of the molecule is C[C@H]1c2nn(C)c(-c3cc(F)cc(F)c3)c2CCN1C(=O)c1ncnn1[C@H]1CCN(C(=O)O)C1. The van der Waals surface area contributed by atoms with E-state index in [1.807, 2.05) is 6.92 Å². The van der Waals surface area contributed by atoms with Crippen molar-refractivity contribution in [1.29, 1.82) is 0 Å². The van der Waals surface area contributed by atoms with Gasteiger partial charge < -0.3 is 14.9 Å². The predicted octanol–water partition coefficient (Wildman–Crippen LogP) is 2.64. The summed E-state index contributed by atoms with van der Waals surface area (Å²) in [6.45, 7) is 2.82. The first kappa shape index (κ1) is 22.0. The van der Waals surface area contributed by atoms with Crippen LogP contribution in [0.4, 0.5) is 13.6 Å². The van der Waals surface area contributed by atoms with E-state index in [2.05, 4.69) is 15.2 Å². The number of amides is 2. The number of nitrogens with zero attached hydrogens (tertiary/aromatic N) is 7. The Kier molecular flexibility index (Phi) is 5.29. The van der Waals surface area contributed by atoms with Gasteiger partial charge in [-0.2, -0.15) is 10.2 Å². The van der Waals surface area contributed by atoms with Crippen molar-refractivity contribution >= 4 is 12.0 Å². The molecule has 178 valence electrons. The molecule has 12 heteroatoms. The molecule has 10 nitrogen and oxygen atoms in total. The molecule has 5 rings (SSSR count). The fourth-order valence-electron chi connectivity index (χ4n) is 4.99. The molecule has 1 aromatic carbocycles. The molecule has 34 heavy (non-hydrogen) atoms. The average Bonchev–Trinajstić information content (AvgIpc) is 3.50. The molecule has 0 radical (unpaired) electrons. The van der Waals surface area contributed by atoms with Gasteiger partial charge in [0.2, 0.25) is 5.82 Å². The van der Waals surface area contributed by atoms with Gasteiger partial charge in [-0.15, -0.1) is 0 Å². The lowest BCUT2D eigenvalue weighted by molar-refractivity contribution is 0.0651. The number of hydrogen-bond acceptors (Lipinski definition) is 5. The van der Waals surface area contributed by atoms with Crippen LogP contribution in [0.5, 0.6) is 0 Å². The van der Waals surface area contributed by atoms with E-state index in [0.29, 0.717) is 42.9 Å². The fraction of sp³-hybridized carbons (Fsp3) is 0.409. The molecular formula is C22H23F2N7O3. The Morgan fingerprint density at radius 2 is 1.88 bits per heavy atom. The molecule has 2 aromatic heterocycles. The van der Waals surface area contributed by atoms with E-state index in [4.69, 9.17) is 0 Å². The van der Waals surface area contributed by atoms with Gasteiger partial charge in [0, 0.05) is 43.9 Å². The molecule has 2 aliphatic rings. The van der Waals surface area contributed by atoms with Crippen LogP contribution in [0.25, 0.3) is 11.3 Å². The van der Waals surface area contributed by atoms with Crippen molar-refractivity contribution in [3.8, 4) is 11.3 Å². The molecule has 0 saturated carbocycles. The van der Waals surface area contributed by atoms with Crippen LogP contribution < -0.4 is 0 Å². The minimum Gasteiger partial charge on any atom is -0.465 e. The van der Waals surface area contributed by atoms with Crippen LogP contribution in [0.3, 0.4) is 0 Å². The number of hydrogen-bond donors (Lipinski definition) is 1. The summed E-state index contributed by atoms with van der Waals surface area (Å²) in [5.41, 5.74) is 2.52. The molecule has 4 heterocycles. The number of carbonyl (C=O) groups is 2. The summed E-state index contributed by atoms with van der Waals surface area (Å²) >= 11 is 0. The van der Waals surface area contributed by atoms with Crippen LogP contribution in [-0.4, -0.2) is 71.1 Å². The van der Waals surface area contributed by atoms with Crippen molar-refractivity contribution in [2.45, 2.75) is 31.8 Å². The van der Waals surface area contributed by atoms with Crippen LogP contribution >= 0.6 is 0 Å².